The monoisotopic (exact) mass is 373 g/mol. The second kappa shape index (κ2) is 8.45. The Morgan fingerprint density at radius 3 is 2.40 bits per heavy atom. The maximum absolute atomic E-state index is 12.8. The van der Waals surface area contributed by atoms with Gasteiger partial charge < -0.3 is 4.74 Å². The van der Waals surface area contributed by atoms with Crippen LogP contribution in [0.15, 0.2) is 60.7 Å². The number of nitrogens with zero attached hydrogens (tertiary/aromatic N) is 1. The van der Waals surface area contributed by atoms with Gasteiger partial charge in [-0.3, -0.25) is 9.69 Å². The molecule has 0 aliphatic carbocycles. The van der Waals surface area contributed by atoms with Crippen molar-refractivity contribution >= 4 is 34.7 Å². The molecule has 0 spiro atoms. The van der Waals surface area contributed by atoms with Gasteiger partial charge in [0.1, 0.15) is 17.2 Å². The number of amides is 1. The number of hydrogen-bond acceptors (Lipinski definition) is 5. The lowest BCUT2D eigenvalue weighted by Gasteiger charge is -2.27. The van der Waals surface area contributed by atoms with Crippen molar-refractivity contribution in [2.24, 2.45) is 0 Å². The summed E-state index contributed by atoms with van der Waals surface area (Å²) >= 11 is 2.85. The molecular formula is C19H19NO3S2. The zero-order valence-electron chi connectivity index (χ0n) is 13.8. The van der Waals surface area contributed by atoms with E-state index < -0.39 is 12.1 Å². The third-order valence-corrected chi connectivity index (χ3v) is 5.97. The predicted octanol–water partition coefficient (Wildman–Crippen LogP) is 4.58. The van der Waals surface area contributed by atoms with Gasteiger partial charge >= 0.3 is 6.09 Å². The number of ether oxygens (including phenoxy) is 1. The summed E-state index contributed by atoms with van der Waals surface area (Å²) in [5.74, 6) is 1.75. The molecule has 1 aliphatic rings. The van der Waals surface area contributed by atoms with Crippen LogP contribution in [-0.2, 0) is 4.79 Å². The van der Waals surface area contributed by atoms with Crippen molar-refractivity contribution in [1.29, 1.82) is 0 Å². The molecule has 0 bridgehead atoms. The van der Waals surface area contributed by atoms with Gasteiger partial charge in [0, 0.05) is 5.75 Å². The summed E-state index contributed by atoms with van der Waals surface area (Å²) < 4.78 is 5.52. The Bertz CT molecular complexity index is 724. The van der Waals surface area contributed by atoms with E-state index in [1.807, 2.05) is 55.5 Å². The van der Waals surface area contributed by atoms with Crippen LogP contribution >= 0.6 is 23.5 Å². The summed E-state index contributed by atoms with van der Waals surface area (Å²) in [6, 6.07) is 18.2. The van der Waals surface area contributed by atoms with Crippen LogP contribution < -0.4 is 4.74 Å². The van der Waals surface area contributed by atoms with Gasteiger partial charge in [-0.1, -0.05) is 67.2 Å². The summed E-state index contributed by atoms with van der Waals surface area (Å²) in [6.07, 6.45) is -0.486. The van der Waals surface area contributed by atoms with Gasteiger partial charge in [-0.2, -0.15) is 0 Å². The Kier molecular flexibility index (Phi) is 6.04. The van der Waals surface area contributed by atoms with Gasteiger partial charge in [-0.05, 0) is 23.4 Å². The number of para-hydroxylation sites is 1. The molecule has 2 atom stereocenters. The third-order valence-electron chi connectivity index (χ3n) is 3.80. The molecule has 1 aliphatic heterocycles. The van der Waals surface area contributed by atoms with Crippen LogP contribution in [0.25, 0.3) is 0 Å². The molecule has 0 aromatic heterocycles. The molecule has 1 amide bonds. The molecule has 130 valence electrons. The number of carbonyl (C=O) groups is 2. The molecule has 0 unspecified atom stereocenters. The number of rotatable bonds is 4. The van der Waals surface area contributed by atoms with E-state index in [-0.39, 0.29) is 10.5 Å². The van der Waals surface area contributed by atoms with E-state index in [2.05, 4.69) is 0 Å². The lowest BCUT2D eigenvalue weighted by molar-refractivity contribution is -0.114. The molecule has 1 fully saturated rings. The molecule has 2 aromatic carbocycles. The van der Waals surface area contributed by atoms with Crippen LogP contribution in [0.3, 0.4) is 0 Å². The van der Waals surface area contributed by atoms with Gasteiger partial charge in [-0.15, -0.1) is 11.8 Å². The molecule has 1 heterocycles. The van der Waals surface area contributed by atoms with Crippen LogP contribution in [0, 0.1) is 0 Å². The standard InChI is InChI=1S/C19H19NO3S2/c1-2-24-18(21)16-13-25-17(14-9-5-3-6-10-14)20(16)19(22)23-15-11-7-4-8-12-15/h3-12,16-17H,2,13H2,1H3/t16-,17+/m0/s1. The average Bonchev–Trinajstić information content (AvgIpc) is 3.09. The average molecular weight is 373 g/mol. The fourth-order valence-electron chi connectivity index (χ4n) is 2.67. The van der Waals surface area contributed by atoms with E-state index in [1.54, 1.807) is 28.8 Å². The molecular weight excluding hydrogens is 354 g/mol. The first-order valence-electron chi connectivity index (χ1n) is 8.09. The highest BCUT2D eigenvalue weighted by molar-refractivity contribution is 8.13. The first kappa shape index (κ1) is 17.9. The molecule has 0 saturated carbocycles. The summed E-state index contributed by atoms with van der Waals surface area (Å²) in [7, 11) is 0. The molecule has 2 aromatic rings. The number of thioether (sulfide) groups is 2. The van der Waals surface area contributed by atoms with Crippen molar-refractivity contribution < 1.29 is 14.3 Å². The molecule has 1 saturated heterocycles. The molecule has 4 nitrogen and oxygen atoms in total. The van der Waals surface area contributed by atoms with E-state index in [1.165, 1.54) is 11.8 Å². The number of benzene rings is 2. The fourth-order valence-corrected chi connectivity index (χ4v) is 4.86. The lowest BCUT2D eigenvalue weighted by atomic mass is 10.2. The number of carbonyl (C=O) groups excluding carboxylic acids is 2. The molecule has 25 heavy (non-hydrogen) atoms. The minimum absolute atomic E-state index is 0.0124. The first-order chi connectivity index (χ1) is 12.2. The predicted molar refractivity (Wildman–Crippen MR) is 103 cm³/mol. The van der Waals surface area contributed by atoms with E-state index in [4.69, 9.17) is 4.74 Å². The van der Waals surface area contributed by atoms with Crippen molar-refractivity contribution in [2.75, 3.05) is 11.5 Å². The van der Waals surface area contributed by atoms with E-state index >= 15 is 0 Å². The fraction of sp³-hybridized carbons (Fsp3) is 0.263. The summed E-state index contributed by atoms with van der Waals surface area (Å²) in [5, 5.41) is -0.206. The van der Waals surface area contributed by atoms with Crippen molar-refractivity contribution in [1.82, 2.24) is 4.90 Å². The largest absolute Gasteiger partial charge is 0.417 e. The third kappa shape index (κ3) is 4.19. The van der Waals surface area contributed by atoms with Crippen molar-refractivity contribution in [3.05, 3.63) is 66.2 Å². The minimum Gasteiger partial charge on any atom is -0.410 e. The van der Waals surface area contributed by atoms with Gasteiger partial charge in [0.25, 0.3) is 0 Å². The van der Waals surface area contributed by atoms with Crippen LogP contribution in [0.5, 0.6) is 5.75 Å². The Balaban J connectivity index is 1.86. The highest BCUT2D eigenvalue weighted by Gasteiger charge is 2.43. The smallest absolute Gasteiger partial charge is 0.410 e. The Labute approximate surface area is 155 Å². The normalized spacial score (nSPS) is 19.6. The van der Waals surface area contributed by atoms with E-state index in [9.17, 15) is 9.59 Å². The second-order valence-electron chi connectivity index (χ2n) is 5.45. The Hall–Kier alpha value is -1.92. The minimum atomic E-state index is -0.486. The summed E-state index contributed by atoms with van der Waals surface area (Å²) in [6.45, 7) is 1.94. The first-order valence-corrected chi connectivity index (χ1v) is 10.1. The molecule has 0 radical (unpaired) electrons. The molecule has 6 heteroatoms. The topological polar surface area (TPSA) is 46.6 Å². The van der Waals surface area contributed by atoms with Crippen LogP contribution in [0.4, 0.5) is 4.79 Å². The maximum atomic E-state index is 12.8. The Morgan fingerprint density at radius 2 is 1.76 bits per heavy atom. The van der Waals surface area contributed by atoms with Crippen molar-refractivity contribution in [2.45, 2.75) is 18.3 Å². The highest BCUT2D eigenvalue weighted by atomic mass is 32.2. The van der Waals surface area contributed by atoms with Crippen LogP contribution in [0.1, 0.15) is 17.9 Å². The molecule has 3 rings (SSSR count). The van der Waals surface area contributed by atoms with Gasteiger partial charge in [-0.25, -0.2) is 4.79 Å². The van der Waals surface area contributed by atoms with Crippen LogP contribution in [0.2, 0.25) is 0 Å². The summed E-state index contributed by atoms with van der Waals surface area (Å²) in [5.41, 5.74) is 0.995. The Morgan fingerprint density at radius 1 is 1.12 bits per heavy atom. The number of hydrogen-bond donors (Lipinski definition) is 0. The van der Waals surface area contributed by atoms with E-state index in [0.29, 0.717) is 17.3 Å². The van der Waals surface area contributed by atoms with Crippen molar-refractivity contribution in [3.63, 3.8) is 0 Å². The van der Waals surface area contributed by atoms with Crippen molar-refractivity contribution in [3.8, 4) is 5.75 Å². The molecule has 0 N–H and O–H groups in total. The van der Waals surface area contributed by atoms with Crippen LogP contribution in [-0.4, -0.2) is 33.7 Å². The lowest BCUT2D eigenvalue weighted by Crippen LogP contribution is -2.43. The summed E-state index contributed by atoms with van der Waals surface area (Å²) in [4.78, 5) is 26.9. The van der Waals surface area contributed by atoms with Gasteiger partial charge in [0.15, 0.2) is 0 Å². The zero-order valence-corrected chi connectivity index (χ0v) is 15.5. The van der Waals surface area contributed by atoms with E-state index in [0.717, 1.165) is 5.56 Å². The zero-order chi connectivity index (χ0) is 17.6. The van der Waals surface area contributed by atoms with Gasteiger partial charge in [0.05, 0.1) is 0 Å². The van der Waals surface area contributed by atoms with Gasteiger partial charge in [0.2, 0.25) is 5.12 Å². The SMILES string of the molecule is CCSC(=O)[C@@H]1CS[C@H](c2ccccc2)N1C(=O)Oc1ccccc1. The highest BCUT2D eigenvalue weighted by Crippen LogP contribution is 2.42. The maximum Gasteiger partial charge on any atom is 0.417 e. The quantitative estimate of drug-likeness (QED) is 0.785. The second-order valence-corrected chi connectivity index (χ2v) is 7.83.